The number of hydrogen-bond acceptors (Lipinski definition) is 9. The number of nitrogens with zero attached hydrogens (tertiary/aromatic N) is 5. The molecule has 46 heavy (non-hydrogen) atoms. The lowest BCUT2D eigenvalue weighted by Crippen LogP contribution is -2.24. The molecule has 1 amide bonds. The van der Waals surface area contributed by atoms with E-state index in [0.717, 1.165) is 6.07 Å². The molecule has 13 heteroatoms. The van der Waals surface area contributed by atoms with Gasteiger partial charge in [-0.1, -0.05) is 18.2 Å². The zero-order valence-corrected chi connectivity index (χ0v) is 25.5. The molecule has 5 aromatic rings. The highest BCUT2D eigenvalue weighted by molar-refractivity contribution is 5.99. The number of methoxy groups -OCH3 is 2. The van der Waals surface area contributed by atoms with Gasteiger partial charge in [-0.05, 0) is 50.0 Å². The Kier molecular flexibility index (Phi) is 9.62. The molecule has 2 aromatic carbocycles. The maximum Gasteiger partial charge on any atom is 0.260 e. The number of carbonyl (C=O) groups excluding carboxylic acids is 1. The highest BCUT2D eigenvalue weighted by Gasteiger charge is 2.25. The highest BCUT2D eigenvalue weighted by Crippen LogP contribution is 2.37. The number of fused-ring (bicyclic) bond motifs is 1. The summed E-state index contributed by atoms with van der Waals surface area (Å²) in [5.74, 6) is -2.85. The molecule has 3 aromatic heterocycles. The maximum atomic E-state index is 15.6. The van der Waals surface area contributed by atoms with Gasteiger partial charge in [0.2, 0.25) is 11.9 Å². The number of pyridine rings is 2. The molecule has 11 nitrogen and oxygen atoms in total. The Hall–Kier alpha value is -5.69. The van der Waals surface area contributed by atoms with Crippen molar-refractivity contribution < 1.29 is 23.0 Å². The van der Waals surface area contributed by atoms with Crippen LogP contribution in [0.15, 0.2) is 84.1 Å². The van der Waals surface area contributed by atoms with Gasteiger partial charge in [0, 0.05) is 54.0 Å². The second-order valence-corrected chi connectivity index (χ2v) is 10.4. The zero-order valence-electron chi connectivity index (χ0n) is 25.5. The molecule has 5 rings (SSSR count). The van der Waals surface area contributed by atoms with Crippen molar-refractivity contribution in [3.05, 3.63) is 107 Å². The van der Waals surface area contributed by atoms with Crippen molar-refractivity contribution in [2.75, 3.05) is 45.5 Å². The van der Waals surface area contributed by atoms with Gasteiger partial charge in [-0.15, -0.1) is 0 Å². The van der Waals surface area contributed by atoms with E-state index in [0.29, 0.717) is 28.9 Å². The van der Waals surface area contributed by atoms with Crippen LogP contribution in [0.5, 0.6) is 11.5 Å². The fourth-order valence-electron chi connectivity index (χ4n) is 4.72. The van der Waals surface area contributed by atoms with Crippen LogP contribution in [0.3, 0.4) is 0 Å². The molecule has 0 saturated carbocycles. The Morgan fingerprint density at radius 1 is 1.00 bits per heavy atom. The summed E-state index contributed by atoms with van der Waals surface area (Å²) in [5.41, 5.74) is 0.356. The van der Waals surface area contributed by atoms with Gasteiger partial charge < -0.3 is 25.0 Å². The molecule has 0 saturated heterocycles. The highest BCUT2D eigenvalue weighted by atomic mass is 19.1. The number of carbonyl (C=O) groups is 1. The van der Waals surface area contributed by atoms with Gasteiger partial charge in [-0.3, -0.25) is 19.1 Å². The van der Waals surface area contributed by atoms with Gasteiger partial charge in [0.25, 0.3) is 5.56 Å². The van der Waals surface area contributed by atoms with E-state index in [9.17, 15) is 9.59 Å². The van der Waals surface area contributed by atoms with E-state index in [-0.39, 0.29) is 41.1 Å². The SMILES string of the molecule is COc1cc(OC)c(F)c(-c2cc3cnc(Nc4ccncc4)nc3n(Cc3cccc(NC(=O)/C=C/CN(C)C)c3)c2=O)c1F. The Balaban J connectivity index is 1.63. The summed E-state index contributed by atoms with van der Waals surface area (Å²) < 4.78 is 42.8. The van der Waals surface area contributed by atoms with Crippen LogP contribution >= 0.6 is 0 Å². The average molecular weight is 628 g/mol. The number of hydrogen-bond donors (Lipinski definition) is 2. The summed E-state index contributed by atoms with van der Waals surface area (Å²) in [6.45, 7) is 0.541. The van der Waals surface area contributed by atoms with Gasteiger partial charge in [0.15, 0.2) is 23.1 Å². The minimum atomic E-state index is -1.06. The molecule has 236 valence electrons. The summed E-state index contributed by atoms with van der Waals surface area (Å²) >= 11 is 0. The predicted octanol–water partition coefficient (Wildman–Crippen LogP) is 5.00. The van der Waals surface area contributed by atoms with Crippen molar-refractivity contribution >= 4 is 34.3 Å². The van der Waals surface area contributed by atoms with Crippen LogP contribution in [0.2, 0.25) is 0 Å². The molecule has 0 spiro atoms. The van der Waals surface area contributed by atoms with E-state index in [4.69, 9.17) is 9.47 Å². The van der Waals surface area contributed by atoms with Gasteiger partial charge in [-0.25, -0.2) is 13.8 Å². The molecule has 2 N–H and O–H groups in total. The number of halogens is 2. The third-order valence-corrected chi connectivity index (χ3v) is 6.88. The number of benzene rings is 2. The van der Waals surface area contributed by atoms with Crippen LogP contribution in [0, 0.1) is 11.6 Å². The zero-order chi connectivity index (χ0) is 32.8. The molecule has 0 aliphatic heterocycles. The Bertz CT molecular complexity index is 1950. The Morgan fingerprint density at radius 2 is 1.72 bits per heavy atom. The molecule has 0 aliphatic rings. The molecule has 0 fully saturated rings. The van der Waals surface area contributed by atoms with E-state index in [1.807, 2.05) is 19.0 Å². The first-order valence-corrected chi connectivity index (χ1v) is 14.1. The van der Waals surface area contributed by atoms with E-state index >= 15 is 8.78 Å². The monoisotopic (exact) mass is 627 g/mol. The van der Waals surface area contributed by atoms with Crippen LogP contribution in [-0.4, -0.2) is 65.2 Å². The quantitative estimate of drug-likeness (QED) is 0.195. The Labute approximate surface area is 263 Å². The number of likely N-dealkylation sites (N-methyl/N-ethyl adjacent to an activating group) is 1. The summed E-state index contributed by atoms with van der Waals surface area (Å²) in [4.78, 5) is 41.5. The number of ether oxygens (including phenoxy) is 2. The molecule has 0 radical (unpaired) electrons. The first kappa shape index (κ1) is 31.7. The fraction of sp³-hybridized carbons (Fsp3) is 0.182. The molecule has 0 atom stereocenters. The minimum absolute atomic E-state index is 0.0561. The first-order chi connectivity index (χ1) is 22.2. The van der Waals surface area contributed by atoms with Crippen LogP contribution < -0.4 is 25.7 Å². The number of amides is 1. The molecule has 0 unspecified atom stereocenters. The number of anilines is 3. The van der Waals surface area contributed by atoms with Crippen molar-refractivity contribution in [1.82, 2.24) is 24.4 Å². The van der Waals surface area contributed by atoms with Gasteiger partial charge >= 0.3 is 0 Å². The third kappa shape index (κ3) is 7.00. The lowest BCUT2D eigenvalue weighted by Gasteiger charge is -2.16. The topological polar surface area (TPSA) is 124 Å². The van der Waals surface area contributed by atoms with Gasteiger partial charge in [0.05, 0.1) is 31.9 Å². The van der Waals surface area contributed by atoms with Crippen LogP contribution in [0.25, 0.3) is 22.2 Å². The lowest BCUT2D eigenvalue weighted by atomic mass is 10.0. The normalized spacial score (nSPS) is 11.3. The minimum Gasteiger partial charge on any atom is -0.494 e. The number of nitrogens with one attached hydrogen (secondary N) is 2. The van der Waals surface area contributed by atoms with E-state index < -0.39 is 22.8 Å². The third-order valence-electron chi connectivity index (χ3n) is 6.88. The summed E-state index contributed by atoms with van der Waals surface area (Å²) in [7, 11) is 6.24. The van der Waals surface area contributed by atoms with Crippen molar-refractivity contribution in [3.8, 4) is 22.6 Å². The summed E-state index contributed by atoms with van der Waals surface area (Å²) in [6, 6.07) is 12.8. The number of aromatic nitrogens is 4. The molecule has 0 aliphatic carbocycles. The summed E-state index contributed by atoms with van der Waals surface area (Å²) in [5, 5.41) is 6.22. The average Bonchev–Trinajstić information content (AvgIpc) is 3.04. The van der Waals surface area contributed by atoms with E-state index in [2.05, 4.69) is 25.6 Å². The number of rotatable bonds is 11. The van der Waals surface area contributed by atoms with Gasteiger partial charge in [0.1, 0.15) is 5.65 Å². The molecule has 0 bridgehead atoms. The second-order valence-electron chi connectivity index (χ2n) is 10.4. The van der Waals surface area contributed by atoms with Gasteiger partial charge in [-0.2, -0.15) is 4.98 Å². The van der Waals surface area contributed by atoms with Crippen LogP contribution in [-0.2, 0) is 11.3 Å². The largest absolute Gasteiger partial charge is 0.494 e. The maximum absolute atomic E-state index is 15.6. The Morgan fingerprint density at radius 3 is 2.39 bits per heavy atom. The van der Waals surface area contributed by atoms with Crippen molar-refractivity contribution in [2.24, 2.45) is 0 Å². The van der Waals surface area contributed by atoms with Crippen molar-refractivity contribution in [1.29, 1.82) is 0 Å². The molecular formula is C33H31F2N7O4. The van der Waals surface area contributed by atoms with E-state index in [1.54, 1.807) is 54.9 Å². The standard InChI is InChI=1S/C33H31F2N7O4/c1-41(2)14-6-9-27(43)38-23-8-5-7-20(15-23)19-42-31-21(18-37-33(40-31)39-22-10-12-36-13-11-22)16-24(32(42)44)28-29(34)25(45-3)17-26(46-4)30(28)35/h5-13,15-18H,14,19H2,1-4H3,(H,38,43)(H,36,37,39,40)/b9-6+. The lowest BCUT2D eigenvalue weighted by molar-refractivity contribution is -0.111. The van der Waals surface area contributed by atoms with Crippen LogP contribution in [0.4, 0.5) is 26.1 Å². The smallest absolute Gasteiger partial charge is 0.260 e. The molecular weight excluding hydrogens is 596 g/mol. The van der Waals surface area contributed by atoms with Crippen molar-refractivity contribution in [2.45, 2.75) is 6.54 Å². The van der Waals surface area contributed by atoms with Crippen molar-refractivity contribution in [3.63, 3.8) is 0 Å². The van der Waals surface area contributed by atoms with E-state index in [1.165, 1.54) is 37.1 Å². The molecule has 3 heterocycles. The predicted molar refractivity (Wildman–Crippen MR) is 172 cm³/mol. The fourth-order valence-corrected chi connectivity index (χ4v) is 4.72. The first-order valence-electron chi connectivity index (χ1n) is 14.1. The van der Waals surface area contributed by atoms with Crippen LogP contribution in [0.1, 0.15) is 5.56 Å². The summed E-state index contributed by atoms with van der Waals surface area (Å²) in [6.07, 6.45) is 7.82. The second kappa shape index (κ2) is 13.9.